The molecule has 2 N–H and O–H groups in total. The van der Waals surface area contributed by atoms with Crippen molar-refractivity contribution in [1.29, 1.82) is 0 Å². The largest absolute Gasteiger partial charge is 0.370 e. The Balaban J connectivity index is 2.05. The van der Waals surface area contributed by atoms with Crippen molar-refractivity contribution in [2.24, 2.45) is 11.7 Å². The smallest absolute Gasteiger partial charge is 0.252 e. The van der Waals surface area contributed by atoms with E-state index < -0.39 is 0 Å². The first-order chi connectivity index (χ1) is 9.70. The van der Waals surface area contributed by atoms with Gasteiger partial charge in [-0.05, 0) is 38.5 Å². The van der Waals surface area contributed by atoms with E-state index in [9.17, 15) is 0 Å². The lowest BCUT2D eigenvalue weighted by molar-refractivity contribution is -0.0847. The second-order valence-electron chi connectivity index (χ2n) is 5.46. The topological polar surface area (TPSA) is 83.4 Å². The summed E-state index contributed by atoms with van der Waals surface area (Å²) in [4.78, 5) is 4.45. The first-order valence-corrected chi connectivity index (χ1v) is 7.45. The molecule has 0 radical (unpaired) electrons. The van der Waals surface area contributed by atoms with Crippen molar-refractivity contribution in [3.05, 3.63) is 11.7 Å². The van der Waals surface area contributed by atoms with Crippen LogP contribution < -0.4 is 5.73 Å². The highest BCUT2D eigenvalue weighted by atomic mass is 16.5. The first-order valence-electron chi connectivity index (χ1n) is 7.45. The van der Waals surface area contributed by atoms with E-state index in [0.717, 1.165) is 31.6 Å². The summed E-state index contributed by atoms with van der Waals surface area (Å²) in [6, 6.07) is 0. The van der Waals surface area contributed by atoms with Crippen LogP contribution in [0.15, 0.2) is 4.52 Å². The van der Waals surface area contributed by atoms with Crippen LogP contribution in [0.1, 0.15) is 51.2 Å². The predicted octanol–water partition coefficient (Wildman–Crippen LogP) is 1.99. The molecule has 1 aromatic rings. The SMILES string of the molecule is CCOC1(c2noc(COCCN)n2)CCC(C)CC1. The molecule has 1 fully saturated rings. The number of nitrogens with zero attached hydrogens (tertiary/aromatic N) is 2. The third-order valence-electron chi connectivity index (χ3n) is 3.87. The van der Waals surface area contributed by atoms with Gasteiger partial charge in [-0.1, -0.05) is 12.1 Å². The molecule has 0 spiro atoms. The van der Waals surface area contributed by atoms with Crippen LogP contribution in [0, 0.1) is 5.92 Å². The van der Waals surface area contributed by atoms with Gasteiger partial charge in [0.25, 0.3) is 5.89 Å². The summed E-state index contributed by atoms with van der Waals surface area (Å²) in [7, 11) is 0. The van der Waals surface area contributed by atoms with Crippen LogP contribution >= 0.6 is 0 Å². The number of aromatic nitrogens is 2. The van der Waals surface area contributed by atoms with Crippen molar-refractivity contribution >= 4 is 0 Å². The summed E-state index contributed by atoms with van der Waals surface area (Å²) in [5, 5.41) is 4.11. The molecule has 2 rings (SSSR count). The Kier molecular flexibility index (Phi) is 5.51. The van der Waals surface area contributed by atoms with Gasteiger partial charge in [-0.25, -0.2) is 0 Å². The Morgan fingerprint density at radius 2 is 2.15 bits per heavy atom. The van der Waals surface area contributed by atoms with Crippen molar-refractivity contribution in [3.63, 3.8) is 0 Å². The molecule has 1 saturated carbocycles. The fourth-order valence-electron chi connectivity index (χ4n) is 2.68. The van der Waals surface area contributed by atoms with Gasteiger partial charge in [-0.3, -0.25) is 0 Å². The average Bonchev–Trinajstić information content (AvgIpc) is 2.92. The zero-order valence-corrected chi connectivity index (χ0v) is 12.4. The lowest BCUT2D eigenvalue weighted by Crippen LogP contribution is -2.35. The van der Waals surface area contributed by atoms with E-state index in [1.807, 2.05) is 6.92 Å². The van der Waals surface area contributed by atoms with Crippen LogP contribution in [-0.2, 0) is 21.7 Å². The van der Waals surface area contributed by atoms with Gasteiger partial charge in [-0.2, -0.15) is 4.98 Å². The van der Waals surface area contributed by atoms with Gasteiger partial charge in [0, 0.05) is 13.2 Å². The molecule has 0 aliphatic heterocycles. The molecule has 6 heteroatoms. The number of nitrogens with two attached hydrogens (primary N) is 1. The highest BCUT2D eigenvalue weighted by molar-refractivity contribution is 5.03. The van der Waals surface area contributed by atoms with Crippen LogP contribution in [0.5, 0.6) is 0 Å². The van der Waals surface area contributed by atoms with E-state index in [1.165, 1.54) is 0 Å². The predicted molar refractivity (Wildman–Crippen MR) is 73.9 cm³/mol. The molecule has 0 aromatic carbocycles. The van der Waals surface area contributed by atoms with Crippen LogP contribution in [0.4, 0.5) is 0 Å². The summed E-state index contributed by atoms with van der Waals surface area (Å²) in [5.41, 5.74) is 5.00. The summed E-state index contributed by atoms with van der Waals surface area (Å²) in [5.74, 6) is 1.89. The van der Waals surface area contributed by atoms with Gasteiger partial charge >= 0.3 is 0 Å². The van der Waals surface area contributed by atoms with Crippen LogP contribution in [0.25, 0.3) is 0 Å². The number of hydrogen-bond acceptors (Lipinski definition) is 6. The van der Waals surface area contributed by atoms with Gasteiger partial charge in [0.15, 0.2) is 0 Å². The lowest BCUT2D eigenvalue weighted by atomic mass is 9.79. The molecule has 20 heavy (non-hydrogen) atoms. The molecule has 1 heterocycles. The molecule has 0 bridgehead atoms. The van der Waals surface area contributed by atoms with Crippen molar-refractivity contribution in [3.8, 4) is 0 Å². The van der Waals surface area contributed by atoms with E-state index in [-0.39, 0.29) is 5.60 Å². The Labute approximate surface area is 120 Å². The van der Waals surface area contributed by atoms with Gasteiger partial charge in [0.2, 0.25) is 5.82 Å². The van der Waals surface area contributed by atoms with Gasteiger partial charge in [0.1, 0.15) is 12.2 Å². The highest BCUT2D eigenvalue weighted by Crippen LogP contribution is 2.41. The molecule has 114 valence electrons. The summed E-state index contributed by atoms with van der Waals surface area (Å²) < 4.78 is 16.6. The van der Waals surface area contributed by atoms with Gasteiger partial charge in [0.05, 0.1) is 6.61 Å². The minimum Gasteiger partial charge on any atom is -0.370 e. The van der Waals surface area contributed by atoms with Crippen molar-refractivity contribution < 1.29 is 14.0 Å². The average molecular weight is 283 g/mol. The minimum atomic E-state index is -0.378. The third-order valence-corrected chi connectivity index (χ3v) is 3.87. The van der Waals surface area contributed by atoms with E-state index in [0.29, 0.717) is 38.1 Å². The van der Waals surface area contributed by atoms with Crippen molar-refractivity contribution in [2.45, 2.75) is 51.7 Å². The quantitative estimate of drug-likeness (QED) is 0.770. The number of rotatable bonds is 7. The maximum Gasteiger partial charge on any atom is 0.252 e. The molecule has 1 aliphatic carbocycles. The summed E-state index contributed by atoms with van der Waals surface area (Å²) in [6.45, 7) is 6.22. The second kappa shape index (κ2) is 7.15. The molecular formula is C14H25N3O3. The lowest BCUT2D eigenvalue weighted by Gasteiger charge is -2.36. The normalized spacial score (nSPS) is 26.9. The number of ether oxygens (including phenoxy) is 2. The Hall–Kier alpha value is -0.980. The Bertz CT molecular complexity index is 400. The molecule has 6 nitrogen and oxygen atoms in total. The fourth-order valence-corrected chi connectivity index (χ4v) is 2.68. The van der Waals surface area contributed by atoms with Crippen molar-refractivity contribution in [1.82, 2.24) is 10.1 Å². The van der Waals surface area contributed by atoms with Gasteiger partial charge < -0.3 is 19.7 Å². The second-order valence-corrected chi connectivity index (χ2v) is 5.46. The standard InChI is InChI=1S/C14H25N3O3/c1-3-19-14(6-4-11(2)5-7-14)13-16-12(20-17-13)10-18-9-8-15/h11H,3-10,15H2,1-2H3. The number of hydrogen-bond donors (Lipinski definition) is 1. The molecule has 0 unspecified atom stereocenters. The summed E-state index contributed by atoms with van der Waals surface area (Å²) in [6.07, 6.45) is 4.16. The Morgan fingerprint density at radius 3 is 2.80 bits per heavy atom. The first kappa shape index (κ1) is 15.4. The molecule has 0 atom stereocenters. The molecule has 0 saturated heterocycles. The monoisotopic (exact) mass is 283 g/mol. The maximum atomic E-state index is 6.00. The van der Waals surface area contributed by atoms with Gasteiger partial charge in [-0.15, -0.1) is 0 Å². The minimum absolute atomic E-state index is 0.308. The summed E-state index contributed by atoms with van der Waals surface area (Å²) >= 11 is 0. The van der Waals surface area contributed by atoms with E-state index in [4.69, 9.17) is 19.7 Å². The third kappa shape index (κ3) is 3.56. The van der Waals surface area contributed by atoms with E-state index in [1.54, 1.807) is 0 Å². The van der Waals surface area contributed by atoms with E-state index >= 15 is 0 Å². The van der Waals surface area contributed by atoms with Crippen LogP contribution in [-0.4, -0.2) is 29.9 Å². The van der Waals surface area contributed by atoms with Crippen LogP contribution in [0.3, 0.4) is 0 Å². The fraction of sp³-hybridized carbons (Fsp3) is 0.857. The van der Waals surface area contributed by atoms with E-state index in [2.05, 4.69) is 17.1 Å². The zero-order chi connectivity index (χ0) is 14.4. The Morgan fingerprint density at radius 1 is 1.40 bits per heavy atom. The molecule has 0 amide bonds. The molecule has 1 aromatic heterocycles. The highest BCUT2D eigenvalue weighted by Gasteiger charge is 2.40. The van der Waals surface area contributed by atoms with Crippen LogP contribution in [0.2, 0.25) is 0 Å². The molecule has 1 aliphatic rings. The van der Waals surface area contributed by atoms with Crippen molar-refractivity contribution in [2.75, 3.05) is 19.8 Å². The maximum absolute atomic E-state index is 6.00. The molecular weight excluding hydrogens is 258 g/mol. The zero-order valence-electron chi connectivity index (χ0n) is 12.4.